The highest BCUT2D eigenvalue weighted by Gasteiger charge is 2.06. The number of nitrogens with one attached hydrogen (secondary N) is 1. The summed E-state index contributed by atoms with van der Waals surface area (Å²) in [5.41, 5.74) is 1.61. The molecule has 0 spiro atoms. The van der Waals surface area contributed by atoms with Gasteiger partial charge in [-0.1, -0.05) is 18.2 Å². The first kappa shape index (κ1) is 14.2. The Balaban J connectivity index is 2.08. The lowest BCUT2D eigenvalue weighted by molar-refractivity contribution is 0.240. The summed E-state index contributed by atoms with van der Waals surface area (Å²) in [7, 11) is 0. The largest absolute Gasteiger partial charge is 0.505 e. The monoisotopic (exact) mass is 275 g/mol. The van der Waals surface area contributed by atoms with Crippen LogP contribution >= 0.6 is 0 Å². The van der Waals surface area contributed by atoms with Crippen molar-refractivity contribution in [2.45, 2.75) is 26.5 Å². The number of hydrogen-bond donors (Lipinski definition) is 2. The molecule has 4 heteroatoms. The lowest BCUT2D eigenvalue weighted by Crippen LogP contribution is -2.09. The highest BCUT2D eigenvalue weighted by Crippen LogP contribution is 2.23. The maximum absolute atomic E-state index is 13.2. The summed E-state index contributed by atoms with van der Waals surface area (Å²) in [6, 6.07) is 11.9. The summed E-state index contributed by atoms with van der Waals surface area (Å²) in [6.45, 7) is 4.46. The molecule has 0 unspecified atom stereocenters. The first-order chi connectivity index (χ1) is 9.56. The van der Waals surface area contributed by atoms with Crippen molar-refractivity contribution in [1.29, 1.82) is 0 Å². The average Bonchev–Trinajstić information content (AvgIpc) is 2.41. The molecule has 0 aliphatic rings. The van der Waals surface area contributed by atoms with Crippen molar-refractivity contribution < 1.29 is 14.2 Å². The molecule has 0 fully saturated rings. The van der Waals surface area contributed by atoms with Gasteiger partial charge in [0, 0.05) is 23.9 Å². The van der Waals surface area contributed by atoms with Crippen molar-refractivity contribution in [2.75, 3.05) is 5.32 Å². The number of aromatic hydroxyl groups is 1. The second-order valence-corrected chi connectivity index (χ2v) is 4.79. The number of para-hydroxylation sites is 1. The minimum atomic E-state index is -0.637. The van der Waals surface area contributed by atoms with E-state index in [1.807, 2.05) is 38.1 Å². The molecule has 2 N–H and O–H groups in total. The fourth-order valence-electron chi connectivity index (χ4n) is 1.83. The van der Waals surface area contributed by atoms with Gasteiger partial charge in [-0.3, -0.25) is 0 Å². The zero-order valence-corrected chi connectivity index (χ0v) is 11.6. The van der Waals surface area contributed by atoms with E-state index in [2.05, 4.69) is 5.32 Å². The third kappa shape index (κ3) is 3.63. The van der Waals surface area contributed by atoms with Crippen LogP contribution in [0.25, 0.3) is 0 Å². The minimum absolute atomic E-state index is 0.0993. The van der Waals surface area contributed by atoms with Gasteiger partial charge in [-0.25, -0.2) is 4.39 Å². The number of rotatable bonds is 5. The van der Waals surface area contributed by atoms with E-state index >= 15 is 0 Å². The molecule has 0 amide bonds. The molecule has 3 nitrogen and oxygen atoms in total. The first-order valence-electron chi connectivity index (χ1n) is 6.53. The van der Waals surface area contributed by atoms with Crippen LogP contribution < -0.4 is 10.1 Å². The first-order valence-corrected chi connectivity index (χ1v) is 6.53. The predicted octanol–water partition coefficient (Wildman–Crippen LogP) is 3.93. The highest BCUT2D eigenvalue weighted by molar-refractivity contribution is 5.48. The van der Waals surface area contributed by atoms with E-state index in [-0.39, 0.29) is 11.9 Å². The highest BCUT2D eigenvalue weighted by atomic mass is 19.1. The predicted molar refractivity (Wildman–Crippen MR) is 77.6 cm³/mol. The number of halogens is 1. The van der Waals surface area contributed by atoms with Crippen molar-refractivity contribution in [3.8, 4) is 11.5 Å². The molecule has 0 aliphatic heterocycles. The maximum atomic E-state index is 13.2. The topological polar surface area (TPSA) is 41.5 Å². The third-order valence-corrected chi connectivity index (χ3v) is 2.77. The smallest absolute Gasteiger partial charge is 0.166 e. The molecule has 0 bridgehead atoms. The van der Waals surface area contributed by atoms with Crippen LogP contribution in [-0.4, -0.2) is 11.2 Å². The fourth-order valence-corrected chi connectivity index (χ4v) is 1.83. The molecule has 0 radical (unpaired) electrons. The molecule has 0 saturated carbocycles. The molecule has 0 atom stereocenters. The van der Waals surface area contributed by atoms with E-state index in [0.717, 1.165) is 11.3 Å². The van der Waals surface area contributed by atoms with E-state index < -0.39 is 5.82 Å². The van der Waals surface area contributed by atoms with Gasteiger partial charge >= 0.3 is 0 Å². The zero-order valence-electron chi connectivity index (χ0n) is 11.6. The third-order valence-electron chi connectivity index (χ3n) is 2.77. The van der Waals surface area contributed by atoms with Crippen LogP contribution in [-0.2, 0) is 6.54 Å². The fraction of sp³-hybridized carbons (Fsp3) is 0.250. The van der Waals surface area contributed by atoms with Crippen molar-refractivity contribution in [1.82, 2.24) is 0 Å². The summed E-state index contributed by atoms with van der Waals surface area (Å²) >= 11 is 0. The quantitative estimate of drug-likeness (QED) is 0.812. The molecule has 2 aromatic carbocycles. The number of phenols is 1. The lowest BCUT2D eigenvalue weighted by Gasteiger charge is -2.15. The summed E-state index contributed by atoms with van der Waals surface area (Å²) in [5, 5.41) is 12.3. The Morgan fingerprint density at radius 2 is 1.95 bits per heavy atom. The summed E-state index contributed by atoms with van der Waals surface area (Å²) in [5.74, 6) is -0.171. The molecule has 0 saturated heterocycles. The van der Waals surface area contributed by atoms with Crippen LogP contribution in [0.1, 0.15) is 19.4 Å². The van der Waals surface area contributed by atoms with Crippen LogP contribution in [0, 0.1) is 5.82 Å². The Kier molecular flexibility index (Phi) is 4.45. The van der Waals surface area contributed by atoms with Gasteiger partial charge in [0.2, 0.25) is 0 Å². The molecule has 0 aliphatic carbocycles. The molecule has 2 rings (SSSR count). The molecule has 0 aromatic heterocycles. The van der Waals surface area contributed by atoms with Gasteiger partial charge in [0.15, 0.2) is 11.6 Å². The summed E-state index contributed by atoms with van der Waals surface area (Å²) in [6.07, 6.45) is 0.0993. The molecule has 2 aromatic rings. The van der Waals surface area contributed by atoms with Crippen LogP contribution in [0.4, 0.5) is 10.1 Å². The second kappa shape index (κ2) is 6.28. The van der Waals surface area contributed by atoms with E-state index in [9.17, 15) is 4.39 Å². The summed E-state index contributed by atoms with van der Waals surface area (Å²) < 4.78 is 19.0. The van der Waals surface area contributed by atoms with Crippen LogP contribution in [0.3, 0.4) is 0 Å². The lowest BCUT2D eigenvalue weighted by atomic mass is 10.2. The number of ether oxygens (including phenoxy) is 1. The Bertz CT molecular complexity index is 584. The van der Waals surface area contributed by atoms with E-state index in [0.29, 0.717) is 12.2 Å². The van der Waals surface area contributed by atoms with Crippen LogP contribution in [0.2, 0.25) is 0 Å². The van der Waals surface area contributed by atoms with Crippen LogP contribution in [0.5, 0.6) is 11.5 Å². The van der Waals surface area contributed by atoms with Crippen molar-refractivity contribution >= 4 is 5.69 Å². The molecule has 106 valence electrons. The van der Waals surface area contributed by atoms with Crippen molar-refractivity contribution in [3.63, 3.8) is 0 Å². The number of benzene rings is 2. The standard InChI is InChI=1S/C16H18FNO2/c1-11(2)20-16-6-4-3-5-12(16)10-18-13-7-8-15(19)14(17)9-13/h3-9,11,18-19H,10H2,1-2H3. The Morgan fingerprint density at radius 3 is 2.65 bits per heavy atom. The molecule has 20 heavy (non-hydrogen) atoms. The number of hydrogen-bond acceptors (Lipinski definition) is 3. The van der Waals surface area contributed by atoms with Gasteiger partial charge in [0.05, 0.1) is 6.10 Å². The SMILES string of the molecule is CC(C)Oc1ccccc1CNc1ccc(O)c(F)c1. The normalized spacial score (nSPS) is 10.6. The maximum Gasteiger partial charge on any atom is 0.166 e. The van der Waals surface area contributed by atoms with Gasteiger partial charge in [-0.2, -0.15) is 0 Å². The van der Waals surface area contributed by atoms with Gasteiger partial charge in [0.1, 0.15) is 5.75 Å². The van der Waals surface area contributed by atoms with Gasteiger partial charge in [-0.05, 0) is 32.0 Å². The second-order valence-electron chi connectivity index (χ2n) is 4.79. The minimum Gasteiger partial charge on any atom is -0.505 e. The molecular weight excluding hydrogens is 257 g/mol. The summed E-state index contributed by atoms with van der Waals surface area (Å²) in [4.78, 5) is 0. The Labute approximate surface area is 118 Å². The van der Waals surface area contributed by atoms with Gasteiger partial charge < -0.3 is 15.2 Å². The number of anilines is 1. The average molecular weight is 275 g/mol. The Morgan fingerprint density at radius 1 is 1.20 bits per heavy atom. The van der Waals surface area contributed by atoms with E-state index in [1.54, 1.807) is 6.07 Å². The molecule has 0 heterocycles. The number of phenolic OH excluding ortho intramolecular Hbond substituents is 1. The van der Waals surface area contributed by atoms with Crippen molar-refractivity contribution in [3.05, 3.63) is 53.8 Å². The van der Waals surface area contributed by atoms with Gasteiger partial charge in [-0.15, -0.1) is 0 Å². The zero-order chi connectivity index (χ0) is 14.5. The molecular formula is C16H18FNO2. The van der Waals surface area contributed by atoms with Gasteiger partial charge in [0.25, 0.3) is 0 Å². The van der Waals surface area contributed by atoms with E-state index in [4.69, 9.17) is 9.84 Å². The Hall–Kier alpha value is -2.23. The van der Waals surface area contributed by atoms with E-state index in [1.165, 1.54) is 12.1 Å². The van der Waals surface area contributed by atoms with Crippen LogP contribution in [0.15, 0.2) is 42.5 Å². The van der Waals surface area contributed by atoms with Crippen molar-refractivity contribution in [2.24, 2.45) is 0 Å².